The Labute approximate surface area is 126 Å². The molecule has 2 N–H and O–H groups in total. The van der Waals surface area contributed by atoms with E-state index in [9.17, 15) is 9.18 Å². The van der Waals surface area contributed by atoms with Gasteiger partial charge in [0.15, 0.2) is 11.6 Å². The molecule has 2 aromatic rings. The lowest BCUT2D eigenvalue weighted by atomic mass is 10.2. The normalized spacial score (nSPS) is 10.4. The predicted molar refractivity (Wildman–Crippen MR) is 81.0 cm³/mol. The number of aryl methyl sites for hydroxylation is 1. The molecule has 0 atom stereocenters. The molecule has 0 bridgehead atoms. The zero-order chi connectivity index (χ0) is 15.2. The second kappa shape index (κ2) is 7.12. The molecule has 0 spiro atoms. The van der Waals surface area contributed by atoms with E-state index in [0.29, 0.717) is 13.1 Å². The number of hydrogen-bond donors (Lipinski definition) is 2. The summed E-state index contributed by atoms with van der Waals surface area (Å²) in [6.07, 6.45) is 3.98. The number of amides is 1. The molecular weight excluding hydrogens is 291 g/mol. The van der Waals surface area contributed by atoms with Crippen LogP contribution in [0.4, 0.5) is 10.2 Å². The molecule has 0 aromatic carbocycles. The number of pyridine rings is 1. The highest BCUT2D eigenvalue weighted by Gasteiger charge is 2.15. The van der Waals surface area contributed by atoms with Crippen LogP contribution in [0.3, 0.4) is 0 Å². The lowest BCUT2D eigenvalue weighted by Crippen LogP contribution is -2.24. The average Bonchev–Trinajstić information content (AvgIpc) is 2.89. The topological polar surface area (TPSA) is 66.9 Å². The van der Waals surface area contributed by atoms with E-state index in [0.717, 1.165) is 16.3 Å². The van der Waals surface area contributed by atoms with Gasteiger partial charge < -0.3 is 10.6 Å². The molecule has 0 unspecified atom stereocenters. The molecule has 7 heteroatoms. The van der Waals surface area contributed by atoms with Gasteiger partial charge in [-0.3, -0.25) is 4.79 Å². The highest BCUT2D eigenvalue weighted by atomic mass is 32.1. The van der Waals surface area contributed by atoms with Gasteiger partial charge in [0.05, 0.1) is 17.1 Å². The Bertz CT molecular complexity index is 629. The van der Waals surface area contributed by atoms with E-state index in [1.165, 1.54) is 23.6 Å². The van der Waals surface area contributed by atoms with Gasteiger partial charge in [-0.2, -0.15) is 0 Å². The van der Waals surface area contributed by atoms with Crippen LogP contribution in [0.15, 0.2) is 18.5 Å². The largest absolute Gasteiger partial charge is 0.368 e. The lowest BCUT2D eigenvalue weighted by molar-refractivity contribution is 0.0947. The fourth-order valence-corrected chi connectivity index (χ4v) is 2.47. The maximum Gasteiger partial charge on any atom is 0.254 e. The Hall–Kier alpha value is -2.02. The Balaban J connectivity index is 2.04. The summed E-state index contributed by atoms with van der Waals surface area (Å²) in [6, 6.07) is 1.37. The summed E-state index contributed by atoms with van der Waals surface area (Å²) in [5.41, 5.74) is -0.00941. The summed E-state index contributed by atoms with van der Waals surface area (Å²) in [7, 11) is 0. The number of carbonyl (C=O) groups excluding carboxylic acids is 1. The minimum Gasteiger partial charge on any atom is -0.368 e. The molecule has 0 saturated carbocycles. The third-order valence-corrected chi connectivity index (χ3v) is 3.68. The van der Waals surface area contributed by atoms with E-state index in [1.54, 1.807) is 6.20 Å². The van der Waals surface area contributed by atoms with Crippen molar-refractivity contribution in [1.82, 2.24) is 15.3 Å². The first-order valence-corrected chi connectivity index (χ1v) is 7.51. The number of aromatic nitrogens is 2. The molecular formula is C14H17FN4OS. The van der Waals surface area contributed by atoms with E-state index in [-0.39, 0.29) is 11.4 Å². The number of thiazole rings is 1. The number of hydrogen-bond acceptors (Lipinski definition) is 5. The van der Waals surface area contributed by atoms with Gasteiger partial charge in [-0.15, -0.1) is 11.3 Å². The third-order valence-electron chi connectivity index (χ3n) is 2.77. The van der Waals surface area contributed by atoms with Crippen LogP contribution >= 0.6 is 11.3 Å². The van der Waals surface area contributed by atoms with Gasteiger partial charge in [-0.25, -0.2) is 14.4 Å². The molecule has 5 nitrogen and oxygen atoms in total. The summed E-state index contributed by atoms with van der Waals surface area (Å²) in [4.78, 5) is 21.0. The van der Waals surface area contributed by atoms with Gasteiger partial charge in [0.1, 0.15) is 0 Å². The Morgan fingerprint density at radius 3 is 2.90 bits per heavy atom. The van der Waals surface area contributed by atoms with Crippen molar-refractivity contribution in [3.8, 4) is 0 Å². The van der Waals surface area contributed by atoms with Crippen molar-refractivity contribution in [3.05, 3.63) is 39.7 Å². The lowest BCUT2D eigenvalue weighted by Gasteiger charge is -2.09. The van der Waals surface area contributed by atoms with Crippen LogP contribution in [-0.4, -0.2) is 22.4 Å². The summed E-state index contributed by atoms with van der Waals surface area (Å²) >= 11 is 1.50. The van der Waals surface area contributed by atoms with Crippen molar-refractivity contribution in [2.24, 2.45) is 0 Å². The highest BCUT2D eigenvalue weighted by Crippen LogP contribution is 2.16. The maximum atomic E-state index is 14.2. The first kappa shape index (κ1) is 15.4. The predicted octanol–water partition coefficient (Wildman–Crippen LogP) is 2.74. The van der Waals surface area contributed by atoms with Crippen LogP contribution in [0, 0.1) is 12.7 Å². The van der Waals surface area contributed by atoms with Gasteiger partial charge in [0.25, 0.3) is 5.91 Å². The zero-order valence-corrected chi connectivity index (χ0v) is 12.8. The van der Waals surface area contributed by atoms with Gasteiger partial charge in [0.2, 0.25) is 0 Å². The summed E-state index contributed by atoms with van der Waals surface area (Å²) in [6.45, 7) is 4.81. The number of rotatable bonds is 6. The first-order valence-electron chi connectivity index (χ1n) is 6.69. The molecule has 0 fully saturated rings. The maximum absolute atomic E-state index is 14.2. The van der Waals surface area contributed by atoms with Gasteiger partial charge >= 0.3 is 0 Å². The fraction of sp³-hybridized carbons (Fsp3) is 0.357. The number of nitrogens with one attached hydrogen (secondary N) is 2. The Morgan fingerprint density at radius 1 is 1.43 bits per heavy atom. The van der Waals surface area contributed by atoms with Gasteiger partial charge in [-0.05, 0) is 19.4 Å². The van der Waals surface area contributed by atoms with Gasteiger partial charge in [-0.1, -0.05) is 6.92 Å². The summed E-state index contributed by atoms with van der Waals surface area (Å²) in [5, 5.41) is 6.48. The molecule has 21 heavy (non-hydrogen) atoms. The molecule has 0 aliphatic rings. The second-order valence-electron chi connectivity index (χ2n) is 4.48. The first-order chi connectivity index (χ1) is 10.1. The van der Waals surface area contributed by atoms with Crippen molar-refractivity contribution in [3.63, 3.8) is 0 Å². The van der Waals surface area contributed by atoms with Crippen LogP contribution in [0.1, 0.15) is 33.6 Å². The Kier molecular flexibility index (Phi) is 5.21. The van der Waals surface area contributed by atoms with Crippen LogP contribution in [-0.2, 0) is 6.54 Å². The SMILES string of the molecule is CCCNc1nccc(C(=O)NCc2cnc(C)s2)c1F. The average molecular weight is 308 g/mol. The molecule has 0 aliphatic carbocycles. The monoisotopic (exact) mass is 308 g/mol. The van der Waals surface area contributed by atoms with Crippen LogP contribution in [0.2, 0.25) is 0 Å². The minimum atomic E-state index is -0.621. The van der Waals surface area contributed by atoms with Crippen molar-refractivity contribution >= 4 is 23.1 Å². The standard InChI is InChI=1S/C14H17FN4OS/c1-3-5-16-13-12(15)11(4-6-17-13)14(20)19-8-10-7-18-9(2)21-10/h4,6-7H,3,5,8H2,1-2H3,(H,16,17)(H,19,20). The molecule has 0 aliphatic heterocycles. The van der Waals surface area contributed by atoms with E-state index in [1.807, 2.05) is 13.8 Å². The van der Waals surface area contributed by atoms with E-state index >= 15 is 0 Å². The van der Waals surface area contributed by atoms with Crippen molar-refractivity contribution < 1.29 is 9.18 Å². The molecule has 2 aromatic heterocycles. The van der Waals surface area contributed by atoms with Crippen molar-refractivity contribution in [1.29, 1.82) is 0 Å². The number of anilines is 1. The zero-order valence-electron chi connectivity index (χ0n) is 11.9. The molecule has 0 saturated heterocycles. The van der Waals surface area contributed by atoms with Gasteiger partial charge in [0, 0.05) is 23.8 Å². The van der Waals surface area contributed by atoms with Crippen molar-refractivity contribution in [2.45, 2.75) is 26.8 Å². The van der Waals surface area contributed by atoms with Crippen LogP contribution in [0.25, 0.3) is 0 Å². The molecule has 112 valence electrons. The van der Waals surface area contributed by atoms with E-state index in [2.05, 4.69) is 20.6 Å². The smallest absolute Gasteiger partial charge is 0.254 e. The quantitative estimate of drug-likeness (QED) is 0.861. The molecule has 2 heterocycles. The summed E-state index contributed by atoms with van der Waals surface area (Å²) in [5.74, 6) is -0.970. The number of carbonyl (C=O) groups is 1. The number of nitrogens with zero attached hydrogens (tertiary/aromatic N) is 2. The van der Waals surface area contributed by atoms with E-state index in [4.69, 9.17) is 0 Å². The fourth-order valence-electron chi connectivity index (χ4n) is 1.74. The molecule has 0 radical (unpaired) electrons. The summed E-state index contributed by atoms with van der Waals surface area (Å²) < 4.78 is 14.2. The second-order valence-corrected chi connectivity index (χ2v) is 5.80. The van der Waals surface area contributed by atoms with Crippen molar-refractivity contribution in [2.75, 3.05) is 11.9 Å². The van der Waals surface area contributed by atoms with E-state index < -0.39 is 11.7 Å². The Morgan fingerprint density at radius 2 is 2.24 bits per heavy atom. The van der Waals surface area contributed by atoms with Crippen LogP contribution < -0.4 is 10.6 Å². The molecule has 1 amide bonds. The minimum absolute atomic E-state index is 0.00941. The molecule has 2 rings (SSSR count). The van der Waals surface area contributed by atoms with Crippen LogP contribution in [0.5, 0.6) is 0 Å². The number of halogens is 1. The highest BCUT2D eigenvalue weighted by molar-refractivity contribution is 7.11. The third kappa shape index (κ3) is 3.98.